The normalized spacial score (nSPS) is 17.4. The molecule has 1 atom stereocenters. The summed E-state index contributed by atoms with van der Waals surface area (Å²) in [6.07, 6.45) is 3.99. The number of nitrogens with zero attached hydrogens (tertiary/aromatic N) is 1. The van der Waals surface area contributed by atoms with Gasteiger partial charge in [0.1, 0.15) is 0 Å². The van der Waals surface area contributed by atoms with E-state index in [0.29, 0.717) is 43.4 Å². The van der Waals surface area contributed by atoms with Crippen LogP contribution in [0, 0.1) is 0 Å². The minimum absolute atomic E-state index is 0.0350. The van der Waals surface area contributed by atoms with Crippen LogP contribution in [-0.4, -0.2) is 49.8 Å². The van der Waals surface area contributed by atoms with E-state index < -0.39 is 0 Å². The van der Waals surface area contributed by atoms with Gasteiger partial charge in [-0.2, -0.15) is 0 Å². The Balaban J connectivity index is 2.12. The van der Waals surface area contributed by atoms with Crippen LogP contribution in [0.5, 0.6) is 11.5 Å². The van der Waals surface area contributed by atoms with Gasteiger partial charge >= 0.3 is 0 Å². The Bertz CT molecular complexity index is 544. The summed E-state index contributed by atoms with van der Waals surface area (Å²) in [5.74, 6) is 1.39. The van der Waals surface area contributed by atoms with Crippen molar-refractivity contribution < 1.29 is 19.0 Å². The fraction of sp³-hybridized carbons (Fsp3) is 0.650. The van der Waals surface area contributed by atoms with E-state index in [1.165, 1.54) is 0 Å². The predicted molar refractivity (Wildman–Crippen MR) is 98.6 cm³/mol. The van der Waals surface area contributed by atoms with Gasteiger partial charge in [-0.3, -0.25) is 4.79 Å². The number of hydrogen-bond acceptors (Lipinski definition) is 4. The fourth-order valence-electron chi connectivity index (χ4n) is 2.97. The molecule has 5 nitrogen and oxygen atoms in total. The topological polar surface area (TPSA) is 48.0 Å². The van der Waals surface area contributed by atoms with Crippen LogP contribution in [0.2, 0.25) is 0 Å². The van der Waals surface area contributed by atoms with Crippen LogP contribution < -0.4 is 9.47 Å². The van der Waals surface area contributed by atoms with Gasteiger partial charge in [-0.05, 0) is 50.8 Å². The first-order valence-corrected chi connectivity index (χ1v) is 9.50. The van der Waals surface area contributed by atoms with E-state index in [0.717, 1.165) is 32.2 Å². The third kappa shape index (κ3) is 5.63. The highest BCUT2D eigenvalue weighted by Gasteiger charge is 2.25. The molecule has 5 heteroatoms. The van der Waals surface area contributed by atoms with Crippen molar-refractivity contribution in [3.63, 3.8) is 0 Å². The van der Waals surface area contributed by atoms with Gasteiger partial charge in [0.25, 0.3) is 5.91 Å². The lowest BCUT2D eigenvalue weighted by atomic mass is 10.1. The zero-order valence-corrected chi connectivity index (χ0v) is 15.8. The van der Waals surface area contributed by atoms with Gasteiger partial charge in [0.15, 0.2) is 11.5 Å². The maximum Gasteiger partial charge on any atom is 0.254 e. The van der Waals surface area contributed by atoms with Crippen LogP contribution in [0.15, 0.2) is 18.2 Å². The molecule has 0 saturated carbocycles. The van der Waals surface area contributed by atoms with Crippen LogP contribution in [0.4, 0.5) is 0 Å². The molecule has 1 aromatic carbocycles. The van der Waals surface area contributed by atoms with Crippen LogP contribution in [0.25, 0.3) is 0 Å². The molecule has 0 bridgehead atoms. The minimum Gasteiger partial charge on any atom is -0.490 e. The third-order valence-electron chi connectivity index (χ3n) is 4.18. The standard InChI is InChI=1S/C20H31NO4/c1-4-12-24-18-10-9-16(14-19(18)25-13-5-2)20(22)21-11-7-8-17(15-21)23-6-3/h9-10,14,17H,4-8,11-13,15H2,1-3H3. The summed E-state index contributed by atoms with van der Waals surface area (Å²) in [6, 6.07) is 5.49. The third-order valence-corrected chi connectivity index (χ3v) is 4.18. The van der Waals surface area contributed by atoms with Crippen molar-refractivity contribution >= 4 is 5.91 Å². The molecule has 140 valence electrons. The van der Waals surface area contributed by atoms with Crippen molar-refractivity contribution in [2.45, 2.75) is 52.6 Å². The molecule has 0 spiro atoms. The van der Waals surface area contributed by atoms with Gasteiger partial charge in [-0.15, -0.1) is 0 Å². The molecule has 25 heavy (non-hydrogen) atoms. The molecule has 2 rings (SSSR count). The van der Waals surface area contributed by atoms with Gasteiger partial charge < -0.3 is 19.1 Å². The fourth-order valence-corrected chi connectivity index (χ4v) is 2.97. The summed E-state index contributed by atoms with van der Waals surface area (Å²) in [7, 11) is 0. The highest BCUT2D eigenvalue weighted by atomic mass is 16.5. The Morgan fingerprint density at radius 2 is 1.84 bits per heavy atom. The maximum atomic E-state index is 12.9. The lowest BCUT2D eigenvalue weighted by molar-refractivity contribution is 0.00723. The average Bonchev–Trinajstić information content (AvgIpc) is 2.65. The Morgan fingerprint density at radius 3 is 2.52 bits per heavy atom. The molecular formula is C20H31NO4. The summed E-state index contributed by atoms with van der Waals surface area (Å²) in [5, 5.41) is 0. The van der Waals surface area contributed by atoms with Gasteiger partial charge in [0.2, 0.25) is 0 Å². The Kier molecular flexibility index (Phi) is 8.06. The van der Waals surface area contributed by atoms with Crippen LogP contribution >= 0.6 is 0 Å². The molecule has 1 aliphatic rings. The van der Waals surface area contributed by atoms with E-state index in [1.54, 1.807) is 0 Å². The Labute approximate surface area is 151 Å². The maximum absolute atomic E-state index is 12.9. The van der Waals surface area contributed by atoms with Gasteiger partial charge in [0.05, 0.1) is 19.3 Å². The van der Waals surface area contributed by atoms with Crippen LogP contribution in [0.1, 0.15) is 56.8 Å². The van der Waals surface area contributed by atoms with Gasteiger partial charge in [-0.1, -0.05) is 13.8 Å². The van der Waals surface area contributed by atoms with Gasteiger partial charge in [0, 0.05) is 25.3 Å². The van der Waals surface area contributed by atoms with E-state index >= 15 is 0 Å². The smallest absolute Gasteiger partial charge is 0.254 e. The number of benzene rings is 1. The highest BCUT2D eigenvalue weighted by Crippen LogP contribution is 2.30. The summed E-state index contributed by atoms with van der Waals surface area (Å²) < 4.78 is 17.2. The predicted octanol–water partition coefficient (Wildman–Crippen LogP) is 3.91. The quantitative estimate of drug-likeness (QED) is 0.678. The average molecular weight is 349 g/mol. The number of carbonyl (C=O) groups is 1. The monoisotopic (exact) mass is 349 g/mol. The van der Waals surface area contributed by atoms with E-state index in [-0.39, 0.29) is 12.0 Å². The van der Waals surface area contributed by atoms with Crippen LogP contribution in [-0.2, 0) is 4.74 Å². The zero-order chi connectivity index (χ0) is 18.1. The molecule has 1 heterocycles. The van der Waals surface area contributed by atoms with E-state index in [2.05, 4.69) is 13.8 Å². The van der Waals surface area contributed by atoms with Crippen LogP contribution in [0.3, 0.4) is 0 Å². The number of amides is 1. The molecule has 1 saturated heterocycles. The molecular weight excluding hydrogens is 318 g/mol. The first kappa shape index (κ1) is 19.6. The van der Waals surface area contributed by atoms with Gasteiger partial charge in [-0.25, -0.2) is 0 Å². The Hall–Kier alpha value is -1.75. The lowest BCUT2D eigenvalue weighted by Gasteiger charge is -2.32. The number of rotatable bonds is 9. The summed E-state index contributed by atoms with van der Waals surface area (Å²) in [5.41, 5.74) is 0.645. The minimum atomic E-state index is 0.0350. The second kappa shape index (κ2) is 10.3. The van der Waals surface area contributed by atoms with E-state index in [4.69, 9.17) is 14.2 Å². The summed E-state index contributed by atoms with van der Waals surface area (Å²) in [6.45, 7) is 9.48. The molecule has 1 fully saturated rings. The van der Waals surface area contributed by atoms with Crippen molar-refractivity contribution in [2.24, 2.45) is 0 Å². The number of hydrogen-bond donors (Lipinski definition) is 0. The summed E-state index contributed by atoms with van der Waals surface area (Å²) in [4.78, 5) is 14.8. The van der Waals surface area contributed by atoms with Crippen molar-refractivity contribution in [1.82, 2.24) is 4.90 Å². The first-order valence-electron chi connectivity index (χ1n) is 9.50. The molecule has 0 aliphatic carbocycles. The highest BCUT2D eigenvalue weighted by molar-refractivity contribution is 5.95. The molecule has 0 N–H and O–H groups in total. The van der Waals surface area contributed by atoms with E-state index in [1.807, 2.05) is 30.0 Å². The van der Waals surface area contributed by atoms with Crippen molar-refractivity contribution in [1.29, 1.82) is 0 Å². The molecule has 1 unspecified atom stereocenters. The number of likely N-dealkylation sites (tertiary alicyclic amines) is 1. The number of ether oxygens (including phenoxy) is 3. The lowest BCUT2D eigenvalue weighted by Crippen LogP contribution is -2.43. The number of piperidine rings is 1. The number of carbonyl (C=O) groups excluding carboxylic acids is 1. The molecule has 1 amide bonds. The first-order chi connectivity index (χ1) is 12.2. The van der Waals surface area contributed by atoms with Crippen molar-refractivity contribution in [3.8, 4) is 11.5 Å². The molecule has 1 aliphatic heterocycles. The molecule has 1 aromatic rings. The zero-order valence-electron chi connectivity index (χ0n) is 15.8. The summed E-state index contributed by atoms with van der Waals surface area (Å²) >= 11 is 0. The largest absolute Gasteiger partial charge is 0.490 e. The second-order valence-electron chi connectivity index (χ2n) is 6.33. The SMILES string of the molecule is CCCOc1ccc(C(=O)N2CCCC(OCC)C2)cc1OCCC. The van der Waals surface area contributed by atoms with Crippen molar-refractivity contribution in [2.75, 3.05) is 32.9 Å². The van der Waals surface area contributed by atoms with Crippen molar-refractivity contribution in [3.05, 3.63) is 23.8 Å². The molecule has 0 radical (unpaired) electrons. The molecule has 0 aromatic heterocycles. The second-order valence-corrected chi connectivity index (χ2v) is 6.33. The van der Waals surface area contributed by atoms with E-state index in [9.17, 15) is 4.79 Å². The Morgan fingerprint density at radius 1 is 1.12 bits per heavy atom.